The van der Waals surface area contributed by atoms with Gasteiger partial charge in [-0.2, -0.15) is 4.98 Å². The third kappa shape index (κ3) is 3.88. The SMILES string of the molecule is Cc1ccccc1-c1noc(CN(C)CC(C)(C)O)n1. The van der Waals surface area contributed by atoms with Crippen LogP contribution in [0.2, 0.25) is 0 Å². The molecule has 0 atom stereocenters. The summed E-state index contributed by atoms with van der Waals surface area (Å²) < 4.78 is 5.27. The quantitative estimate of drug-likeness (QED) is 0.906. The summed E-state index contributed by atoms with van der Waals surface area (Å²) in [4.78, 5) is 6.36. The zero-order valence-corrected chi connectivity index (χ0v) is 12.4. The second-order valence-electron chi connectivity index (χ2n) is 5.81. The molecule has 2 rings (SSSR count). The lowest BCUT2D eigenvalue weighted by atomic mass is 10.1. The number of likely N-dealkylation sites (N-methyl/N-ethyl adjacent to an activating group) is 1. The molecule has 0 bridgehead atoms. The molecular formula is C15H21N3O2. The summed E-state index contributed by atoms with van der Waals surface area (Å²) >= 11 is 0. The van der Waals surface area contributed by atoms with Gasteiger partial charge in [-0.15, -0.1) is 0 Å². The van der Waals surface area contributed by atoms with Gasteiger partial charge in [0.25, 0.3) is 0 Å². The average molecular weight is 275 g/mol. The van der Waals surface area contributed by atoms with Crippen molar-refractivity contribution in [2.24, 2.45) is 0 Å². The molecular weight excluding hydrogens is 254 g/mol. The first-order chi connectivity index (χ1) is 9.35. The molecule has 20 heavy (non-hydrogen) atoms. The maximum Gasteiger partial charge on any atom is 0.241 e. The molecule has 0 aliphatic carbocycles. The Morgan fingerprint density at radius 2 is 2.00 bits per heavy atom. The van der Waals surface area contributed by atoms with Crippen molar-refractivity contribution in [1.29, 1.82) is 0 Å². The van der Waals surface area contributed by atoms with Gasteiger partial charge in [0.2, 0.25) is 11.7 Å². The predicted molar refractivity (Wildman–Crippen MR) is 77.1 cm³/mol. The Balaban J connectivity index is 2.08. The molecule has 0 radical (unpaired) electrons. The predicted octanol–water partition coefficient (Wildman–Crippen LogP) is 2.25. The van der Waals surface area contributed by atoms with Crippen LogP contribution < -0.4 is 0 Å². The Kier molecular flexibility index (Phi) is 4.20. The van der Waals surface area contributed by atoms with Gasteiger partial charge < -0.3 is 9.63 Å². The minimum Gasteiger partial charge on any atom is -0.389 e. The number of aromatic nitrogens is 2. The van der Waals surface area contributed by atoms with Gasteiger partial charge in [-0.3, -0.25) is 4.90 Å². The van der Waals surface area contributed by atoms with E-state index in [1.807, 2.05) is 43.1 Å². The van der Waals surface area contributed by atoms with Crippen LogP contribution in [0.4, 0.5) is 0 Å². The van der Waals surface area contributed by atoms with E-state index in [0.29, 0.717) is 24.8 Å². The summed E-state index contributed by atoms with van der Waals surface area (Å²) in [6.07, 6.45) is 0. The first-order valence-electron chi connectivity index (χ1n) is 6.65. The highest BCUT2D eigenvalue weighted by atomic mass is 16.5. The zero-order chi connectivity index (χ0) is 14.8. The van der Waals surface area contributed by atoms with E-state index in [4.69, 9.17) is 4.52 Å². The van der Waals surface area contributed by atoms with Gasteiger partial charge in [0.15, 0.2) is 0 Å². The summed E-state index contributed by atoms with van der Waals surface area (Å²) in [5, 5.41) is 13.8. The number of nitrogens with zero attached hydrogens (tertiary/aromatic N) is 3. The smallest absolute Gasteiger partial charge is 0.241 e. The lowest BCUT2D eigenvalue weighted by Crippen LogP contribution is -2.35. The fourth-order valence-electron chi connectivity index (χ4n) is 2.20. The highest BCUT2D eigenvalue weighted by molar-refractivity contribution is 5.58. The van der Waals surface area contributed by atoms with Crippen molar-refractivity contribution in [3.8, 4) is 11.4 Å². The Morgan fingerprint density at radius 1 is 1.30 bits per heavy atom. The van der Waals surface area contributed by atoms with Crippen LogP contribution in [-0.2, 0) is 6.54 Å². The number of aliphatic hydroxyl groups is 1. The average Bonchev–Trinajstić information content (AvgIpc) is 2.75. The monoisotopic (exact) mass is 275 g/mol. The zero-order valence-electron chi connectivity index (χ0n) is 12.4. The Hall–Kier alpha value is -1.72. The van der Waals surface area contributed by atoms with Crippen molar-refractivity contribution in [2.45, 2.75) is 32.9 Å². The van der Waals surface area contributed by atoms with E-state index >= 15 is 0 Å². The van der Waals surface area contributed by atoms with Crippen molar-refractivity contribution in [2.75, 3.05) is 13.6 Å². The molecule has 0 fully saturated rings. The van der Waals surface area contributed by atoms with Gasteiger partial charge >= 0.3 is 0 Å². The number of benzene rings is 1. The molecule has 5 heteroatoms. The van der Waals surface area contributed by atoms with Crippen LogP contribution >= 0.6 is 0 Å². The van der Waals surface area contributed by atoms with Crippen LogP contribution in [0.15, 0.2) is 28.8 Å². The van der Waals surface area contributed by atoms with Crippen LogP contribution in [0.1, 0.15) is 25.3 Å². The van der Waals surface area contributed by atoms with Crippen LogP contribution in [0.25, 0.3) is 11.4 Å². The standard InChI is InChI=1S/C15H21N3O2/c1-11-7-5-6-8-12(11)14-16-13(20-17-14)9-18(4)10-15(2,3)19/h5-8,19H,9-10H2,1-4H3. The van der Waals surface area contributed by atoms with E-state index in [1.165, 1.54) is 0 Å². The van der Waals surface area contributed by atoms with Crippen molar-refractivity contribution in [1.82, 2.24) is 15.0 Å². The van der Waals surface area contributed by atoms with Crippen LogP contribution in [0.5, 0.6) is 0 Å². The van der Waals surface area contributed by atoms with E-state index in [9.17, 15) is 5.11 Å². The van der Waals surface area contributed by atoms with Crippen molar-refractivity contribution in [3.05, 3.63) is 35.7 Å². The molecule has 1 aromatic heterocycles. The third-order valence-corrected chi connectivity index (χ3v) is 2.92. The lowest BCUT2D eigenvalue weighted by Gasteiger charge is -2.23. The number of rotatable bonds is 5. The van der Waals surface area contributed by atoms with E-state index in [-0.39, 0.29) is 0 Å². The molecule has 108 valence electrons. The maximum atomic E-state index is 9.78. The molecule has 0 saturated heterocycles. The lowest BCUT2D eigenvalue weighted by molar-refractivity contribution is 0.0397. The van der Waals surface area contributed by atoms with Crippen LogP contribution in [-0.4, -0.2) is 39.3 Å². The van der Waals surface area contributed by atoms with Crippen molar-refractivity contribution >= 4 is 0 Å². The van der Waals surface area contributed by atoms with E-state index < -0.39 is 5.60 Å². The molecule has 5 nitrogen and oxygen atoms in total. The van der Waals surface area contributed by atoms with Gasteiger partial charge in [0, 0.05) is 12.1 Å². The largest absolute Gasteiger partial charge is 0.389 e. The fraction of sp³-hybridized carbons (Fsp3) is 0.467. The fourth-order valence-corrected chi connectivity index (χ4v) is 2.20. The summed E-state index contributed by atoms with van der Waals surface area (Å²) in [5.74, 6) is 1.16. The molecule has 0 aliphatic heterocycles. The van der Waals surface area contributed by atoms with Gasteiger partial charge in [0.1, 0.15) is 0 Å². The second kappa shape index (κ2) is 5.73. The van der Waals surface area contributed by atoms with E-state index in [2.05, 4.69) is 10.1 Å². The van der Waals surface area contributed by atoms with Crippen LogP contribution in [0, 0.1) is 6.92 Å². The van der Waals surface area contributed by atoms with Gasteiger partial charge in [-0.1, -0.05) is 29.4 Å². The van der Waals surface area contributed by atoms with Crippen molar-refractivity contribution in [3.63, 3.8) is 0 Å². The Bertz CT molecular complexity index is 572. The first kappa shape index (κ1) is 14.7. The minimum atomic E-state index is -0.742. The number of aryl methyl sites for hydroxylation is 1. The third-order valence-electron chi connectivity index (χ3n) is 2.92. The van der Waals surface area contributed by atoms with Gasteiger partial charge in [0.05, 0.1) is 12.1 Å². The maximum absolute atomic E-state index is 9.78. The molecule has 1 N–H and O–H groups in total. The highest BCUT2D eigenvalue weighted by Gasteiger charge is 2.18. The minimum absolute atomic E-state index is 0.517. The molecule has 0 saturated carbocycles. The number of hydrogen-bond donors (Lipinski definition) is 1. The van der Waals surface area contributed by atoms with E-state index in [1.54, 1.807) is 13.8 Å². The number of hydrogen-bond acceptors (Lipinski definition) is 5. The molecule has 1 aromatic carbocycles. The Morgan fingerprint density at radius 3 is 2.65 bits per heavy atom. The summed E-state index contributed by atoms with van der Waals surface area (Å²) in [6, 6.07) is 7.94. The molecule has 0 amide bonds. The van der Waals surface area contributed by atoms with E-state index in [0.717, 1.165) is 11.1 Å². The van der Waals surface area contributed by atoms with Crippen LogP contribution in [0.3, 0.4) is 0 Å². The first-order valence-corrected chi connectivity index (χ1v) is 6.65. The highest BCUT2D eigenvalue weighted by Crippen LogP contribution is 2.20. The summed E-state index contributed by atoms with van der Waals surface area (Å²) in [7, 11) is 1.91. The topological polar surface area (TPSA) is 62.4 Å². The van der Waals surface area contributed by atoms with Gasteiger partial charge in [-0.05, 0) is 33.4 Å². The second-order valence-corrected chi connectivity index (χ2v) is 5.81. The van der Waals surface area contributed by atoms with Gasteiger partial charge in [-0.25, -0.2) is 0 Å². The molecule has 0 unspecified atom stereocenters. The molecule has 1 heterocycles. The molecule has 0 aliphatic rings. The normalized spacial score (nSPS) is 12.1. The molecule has 2 aromatic rings. The summed E-state index contributed by atoms with van der Waals surface area (Å²) in [6.45, 7) is 6.62. The van der Waals surface area contributed by atoms with Crippen molar-refractivity contribution < 1.29 is 9.63 Å². The summed E-state index contributed by atoms with van der Waals surface area (Å²) in [5.41, 5.74) is 1.35. The Labute approximate surface area is 119 Å². The molecule has 0 spiro atoms.